The maximum atomic E-state index is 12.6. The molecule has 2 aromatic heterocycles. The van der Waals surface area contributed by atoms with Crippen molar-refractivity contribution < 1.29 is 4.79 Å². The van der Waals surface area contributed by atoms with Gasteiger partial charge in [0.1, 0.15) is 0 Å². The summed E-state index contributed by atoms with van der Waals surface area (Å²) >= 11 is 0. The van der Waals surface area contributed by atoms with Crippen molar-refractivity contribution in [2.75, 3.05) is 26.2 Å². The number of carbonyl (C=O) groups is 1. The number of nitrogens with zero attached hydrogens (tertiary/aromatic N) is 6. The topological polar surface area (TPSA) is 66.6 Å². The van der Waals surface area contributed by atoms with Crippen molar-refractivity contribution in [1.29, 1.82) is 0 Å². The molecule has 0 atom stereocenters. The van der Waals surface area contributed by atoms with E-state index in [1.807, 2.05) is 4.90 Å². The predicted molar refractivity (Wildman–Crippen MR) is 103 cm³/mol. The van der Waals surface area contributed by atoms with Gasteiger partial charge in [-0.1, -0.05) is 13.8 Å². The molecule has 2 aromatic rings. The number of hydrogen-bond donors (Lipinski definition) is 0. The van der Waals surface area contributed by atoms with Gasteiger partial charge in [0, 0.05) is 44.6 Å². The van der Waals surface area contributed by atoms with E-state index in [1.165, 1.54) is 25.7 Å². The van der Waals surface area contributed by atoms with Crippen LogP contribution in [0.3, 0.4) is 0 Å². The minimum atomic E-state index is 0.120. The summed E-state index contributed by atoms with van der Waals surface area (Å²) in [6.45, 7) is 8.31. The van der Waals surface area contributed by atoms with Crippen molar-refractivity contribution in [1.82, 2.24) is 29.4 Å². The molecule has 7 nitrogen and oxygen atoms in total. The van der Waals surface area contributed by atoms with E-state index in [4.69, 9.17) is 0 Å². The summed E-state index contributed by atoms with van der Waals surface area (Å²) < 4.78 is 1.62. The summed E-state index contributed by atoms with van der Waals surface area (Å²) in [5.74, 6) is 2.92. The number of piperazine rings is 1. The van der Waals surface area contributed by atoms with Gasteiger partial charge in [-0.2, -0.15) is 4.98 Å². The number of carbonyl (C=O) groups excluding carboxylic acids is 1. The SMILES string of the molecule is CC(C)C1CCC(N2CCN(C(=O)Cc3nc4ncccn4n3)CC2)CC1. The van der Waals surface area contributed by atoms with Crippen molar-refractivity contribution >= 4 is 11.7 Å². The summed E-state index contributed by atoms with van der Waals surface area (Å²) in [6, 6.07) is 2.52. The molecule has 0 aromatic carbocycles. The first kappa shape index (κ1) is 18.3. The Bertz CT molecular complexity index is 739. The van der Waals surface area contributed by atoms with Crippen LogP contribution in [-0.2, 0) is 11.2 Å². The lowest BCUT2D eigenvalue weighted by Gasteiger charge is -2.42. The van der Waals surface area contributed by atoms with Gasteiger partial charge in [0.05, 0.1) is 6.42 Å². The van der Waals surface area contributed by atoms with E-state index in [0.717, 1.165) is 38.0 Å². The molecule has 1 aliphatic heterocycles. The molecule has 146 valence electrons. The molecule has 27 heavy (non-hydrogen) atoms. The van der Waals surface area contributed by atoms with Crippen LogP contribution < -0.4 is 0 Å². The van der Waals surface area contributed by atoms with Crippen LogP contribution in [0.25, 0.3) is 5.78 Å². The third-order valence-corrected chi connectivity index (χ3v) is 6.34. The van der Waals surface area contributed by atoms with E-state index in [2.05, 4.69) is 33.8 Å². The predicted octanol–water partition coefficient (Wildman–Crippen LogP) is 2.03. The number of fused-ring (bicyclic) bond motifs is 1. The Labute approximate surface area is 160 Å². The number of amides is 1. The maximum absolute atomic E-state index is 12.6. The van der Waals surface area contributed by atoms with Crippen molar-refractivity contribution in [2.24, 2.45) is 11.8 Å². The normalized spacial score (nSPS) is 24.6. The summed E-state index contributed by atoms with van der Waals surface area (Å²) in [5, 5.41) is 4.34. The van der Waals surface area contributed by atoms with Crippen LogP contribution in [-0.4, -0.2) is 67.5 Å². The Hall–Kier alpha value is -2.02. The van der Waals surface area contributed by atoms with Gasteiger partial charge in [0.2, 0.25) is 5.91 Å². The van der Waals surface area contributed by atoms with Gasteiger partial charge in [-0.15, -0.1) is 5.10 Å². The lowest BCUT2D eigenvalue weighted by atomic mass is 9.79. The molecule has 7 heteroatoms. The molecular formula is C20H30N6O. The molecule has 1 saturated heterocycles. The molecule has 1 saturated carbocycles. The second-order valence-electron chi connectivity index (χ2n) is 8.30. The van der Waals surface area contributed by atoms with Gasteiger partial charge in [-0.05, 0) is 43.6 Å². The average Bonchev–Trinajstić information content (AvgIpc) is 3.10. The standard InChI is InChI=1S/C20H30N6O/c1-15(2)16-4-6-17(7-5-16)24-10-12-25(13-11-24)19(27)14-18-22-20-21-8-3-9-26(20)23-18/h3,8-9,15-17H,4-7,10-14H2,1-2H3. The Morgan fingerprint density at radius 1 is 1.15 bits per heavy atom. The Morgan fingerprint density at radius 3 is 2.56 bits per heavy atom. The molecule has 0 spiro atoms. The summed E-state index contributed by atoms with van der Waals surface area (Å²) in [4.78, 5) is 25.7. The molecule has 0 radical (unpaired) electrons. The van der Waals surface area contributed by atoms with Crippen molar-refractivity contribution in [2.45, 2.75) is 52.0 Å². The zero-order valence-electron chi connectivity index (χ0n) is 16.4. The number of rotatable bonds is 4. The quantitative estimate of drug-likeness (QED) is 0.824. The van der Waals surface area contributed by atoms with Gasteiger partial charge in [-0.3, -0.25) is 9.69 Å². The van der Waals surface area contributed by atoms with Crippen molar-refractivity contribution in [3.63, 3.8) is 0 Å². The first-order valence-electron chi connectivity index (χ1n) is 10.3. The highest BCUT2D eigenvalue weighted by atomic mass is 16.2. The summed E-state index contributed by atoms with van der Waals surface area (Å²) in [7, 11) is 0. The smallest absolute Gasteiger partial charge is 0.252 e. The molecule has 1 amide bonds. The monoisotopic (exact) mass is 370 g/mol. The Balaban J connectivity index is 1.27. The maximum Gasteiger partial charge on any atom is 0.252 e. The number of hydrogen-bond acceptors (Lipinski definition) is 5. The molecule has 0 N–H and O–H groups in total. The molecule has 1 aliphatic carbocycles. The van der Waals surface area contributed by atoms with E-state index in [1.54, 1.807) is 23.0 Å². The second-order valence-corrected chi connectivity index (χ2v) is 8.30. The van der Waals surface area contributed by atoms with Crippen molar-refractivity contribution in [3.05, 3.63) is 24.3 Å². The van der Waals surface area contributed by atoms with Gasteiger partial charge in [0.25, 0.3) is 5.78 Å². The molecule has 0 unspecified atom stereocenters. The van der Waals surface area contributed by atoms with E-state index in [9.17, 15) is 4.79 Å². The minimum absolute atomic E-state index is 0.120. The zero-order valence-corrected chi connectivity index (χ0v) is 16.4. The van der Waals surface area contributed by atoms with Crippen LogP contribution in [0.2, 0.25) is 0 Å². The van der Waals surface area contributed by atoms with E-state index in [-0.39, 0.29) is 12.3 Å². The van der Waals surface area contributed by atoms with E-state index in [0.29, 0.717) is 17.6 Å². The van der Waals surface area contributed by atoms with Crippen molar-refractivity contribution in [3.8, 4) is 0 Å². The Kier molecular flexibility index (Phi) is 5.38. The molecule has 4 rings (SSSR count). The van der Waals surface area contributed by atoms with Crippen LogP contribution in [0.15, 0.2) is 18.5 Å². The molecule has 2 fully saturated rings. The van der Waals surface area contributed by atoms with Gasteiger partial charge >= 0.3 is 0 Å². The zero-order chi connectivity index (χ0) is 18.8. The van der Waals surface area contributed by atoms with Crippen LogP contribution >= 0.6 is 0 Å². The fourth-order valence-corrected chi connectivity index (χ4v) is 4.57. The minimum Gasteiger partial charge on any atom is -0.340 e. The average molecular weight is 371 g/mol. The summed E-state index contributed by atoms with van der Waals surface area (Å²) in [5.41, 5.74) is 0. The largest absolute Gasteiger partial charge is 0.340 e. The van der Waals surface area contributed by atoms with Gasteiger partial charge < -0.3 is 4.90 Å². The fraction of sp³-hybridized carbons (Fsp3) is 0.700. The highest BCUT2D eigenvalue weighted by Gasteiger charge is 2.30. The number of aromatic nitrogens is 4. The lowest BCUT2D eigenvalue weighted by Crippen LogP contribution is -2.53. The third-order valence-electron chi connectivity index (χ3n) is 6.34. The molecule has 2 aliphatic rings. The van der Waals surface area contributed by atoms with Gasteiger partial charge in [0.15, 0.2) is 5.82 Å². The van der Waals surface area contributed by atoms with Crippen LogP contribution in [0.4, 0.5) is 0 Å². The van der Waals surface area contributed by atoms with Crippen LogP contribution in [0.1, 0.15) is 45.4 Å². The lowest BCUT2D eigenvalue weighted by molar-refractivity contribution is -0.132. The molecule has 3 heterocycles. The second kappa shape index (κ2) is 7.92. The first-order valence-corrected chi connectivity index (χ1v) is 10.3. The van der Waals surface area contributed by atoms with Gasteiger partial charge in [-0.25, -0.2) is 9.50 Å². The Morgan fingerprint density at radius 2 is 1.89 bits per heavy atom. The first-order chi connectivity index (χ1) is 13.1. The highest BCUT2D eigenvalue weighted by molar-refractivity contribution is 5.78. The third kappa shape index (κ3) is 4.13. The van der Waals surface area contributed by atoms with Crippen LogP contribution in [0, 0.1) is 11.8 Å². The fourth-order valence-electron chi connectivity index (χ4n) is 4.57. The van der Waals surface area contributed by atoms with E-state index >= 15 is 0 Å². The van der Waals surface area contributed by atoms with Crippen LogP contribution in [0.5, 0.6) is 0 Å². The molecular weight excluding hydrogens is 340 g/mol. The molecule has 0 bridgehead atoms. The highest BCUT2D eigenvalue weighted by Crippen LogP contribution is 2.32. The summed E-state index contributed by atoms with van der Waals surface area (Å²) in [6.07, 6.45) is 9.08. The van der Waals surface area contributed by atoms with E-state index < -0.39 is 0 Å².